The topological polar surface area (TPSA) is 29.9 Å². The first kappa shape index (κ1) is 13.6. The smallest absolute Gasteiger partial charge is 0.254 e. The number of alkyl halides is 2. The zero-order valence-corrected chi connectivity index (χ0v) is 11.2. The van der Waals surface area contributed by atoms with Gasteiger partial charge in [-0.1, -0.05) is 6.92 Å². The Morgan fingerprint density at radius 1 is 1.50 bits per heavy atom. The highest BCUT2D eigenvalue weighted by Crippen LogP contribution is 2.22. The molecular weight excluding hydrogens is 280 g/mol. The van der Waals surface area contributed by atoms with Gasteiger partial charge in [-0.2, -0.15) is 5.10 Å². The highest BCUT2D eigenvalue weighted by molar-refractivity contribution is 9.10. The van der Waals surface area contributed by atoms with Crippen LogP contribution in [-0.4, -0.2) is 28.8 Å². The molecule has 0 bridgehead atoms. The fourth-order valence-electron chi connectivity index (χ4n) is 1.62. The van der Waals surface area contributed by atoms with Gasteiger partial charge in [-0.15, -0.1) is 0 Å². The van der Waals surface area contributed by atoms with E-state index in [1.165, 1.54) is 0 Å². The van der Waals surface area contributed by atoms with Crippen LogP contribution < -0.4 is 5.32 Å². The molecule has 0 aliphatic rings. The van der Waals surface area contributed by atoms with Crippen molar-refractivity contribution in [3.63, 3.8) is 0 Å². The number of aromatic nitrogens is 2. The first-order valence-electron chi connectivity index (χ1n) is 5.16. The van der Waals surface area contributed by atoms with Crippen LogP contribution in [0, 0.1) is 6.92 Å². The summed E-state index contributed by atoms with van der Waals surface area (Å²) in [6, 6.07) is -0.823. The fourth-order valence-corrected chi connectivity index (χ4v) is 2.12. The summed E-state index contributed by atoms with van der Waals surface area (Å²) in [4.78, 5) is 0. The quantitative estimate of drug-likeness (QED) is 0.903. The van der Waals surface area contributed by atoms with Crippen LogP contribution >= 0.6 is 15.9 Å². The van der Waals surface area contributed by atoms with Gasteiger partial charge < -0.3 is 5.32 Å². The molecule has 0 aliphatic heterocycles. The van der Waals surface area contributed by atoms with Crippen LogP contribution in [0.2, 0.25) is 0 Å². The minimum absolute atomic E-state index is 0.267. The number of likely N-dealkylation sites (N-methyl/N-ethyl adjacent to an activating group) is 1. The van der Waals surface area contributed by atoms with Crippen LogP contribution in [0.5, 0.6) is 0 Å². The second kappa shape index (κ2) is 5.72. The van der Waals surface area contributed by atoms with Crippen molar-refractivity contribution in [1.29, 1.82) is 0 Å². The molecule has 0 fully saturated rings. The van der Waals surface area contributed by atoms with Gasteiger partial charge in [-0.3, -0.25) is 4.68 Å². The molecule has 1 aromatic rings. The van der Waals surface area contributed by atoms with Crippen molar-refractivity contribution in [1.82, 2.24) is 15.1 Å². The summed E-state index contributed by atoms with van der Waals surface area (Å²) in [6.07, 6.45) is -2.11. The zero-order chi connectivity index (χ0) is 12.3. The van der Waals surface area contributed by atoms with Crippen LogP contribution in [0.3, 0.4) is 0 Å². The number of nitrogens with zero attached hydrogens (tertiary/aromatic N) is 2. The number of nitrogens with one attached hydrogen (secondary N) is 1. The second-order valence-electron chi connectivity index (χ2n) is 3.67. The van der Waals surface area contributed by atoms with Crippen molar-refractivity contribution < 1.29 is 8.78 Å². The number of hydrogen-bond acceptors (Lipinski definition) is 2. The van der Waals surface area contributed by atoms with E-state index >= 15 is 0 Å². The number of halogens is 3. The van der Waals surface area contributed by atoms with Crippen molar-refractivity contribution in [2.75, 3.05) is 6.54 Å². The van der Waals surface area contributed by atoms with E-state index in [-0.39, 0.29) is 6.42 Å². The first-order valence-corrected chi connectivity index (χ1v) is 5.96. The highest BCUT2D eigenvalue weighted by atomic mass is 79.9. The van der Waals surface area contributed by atoms with Crippen LogP contribution in [0.15, 0.2) is 4.47 Å². The van der Waals surface area contributed by atoms with Crippen molar-refractivity contribution in [2.45, 2.75) is 32.7 Å². The molecular formula is C10H16BrF2N3. The summed E-state index contributed by atoms with van der Waals surface area (Å²) in [5.74, 6) is 0. The molecule has 1 atom stereocenters. The van der Waals surface area contributed by atoms with Gasteiger partial charge in [0.25, 0.3) is 6.43 Å². The second-order valence-corrected chi connectivity index (χ2v) is 4.47. The minimum Gasteiger partial charge on any atom is -0.309 e. The van der Waals surface area contributed by atoms with Crippen LogP contribution in [-0.2, 0) is 13.5 Å². The van der Waals surface area contributed by atoms with E-state index in [9.17, 15) is 8.78 Å². The van der Waals surface area contributed by atoms with E-state index in [0.29, 0.717) is 6.54 Å². The molecule has 1 heterocycles. The molecule has 0 amide bonds. The molecule has 92 valence electrons. The Labute approximate surface area is 102 Å². The molecule has 0 aromatic carbocycles. The molecule has 0 radical (unpaired) electrons. The molecule has 0 spiro atoms. The van der Waals surface area contributed by atoms with Crippen LogP contribution in [0.1, 0.15) is 18.3 Å². The summed E-state index contributed by atoms with van der Waals surface area (Å²) in [7, 11) is 1.77. The maximum atomic E-state index is 12.7. The molecule has 1 aromatic heterocycles. The van der Waals surface area contributed by atoms with E-state index < -0.39 is 12.5 Å². The Morgan fingerprint density at radius 2 is 2.12 bits per heavy atom. The molecule has 16 heavy (non-hydrogen) atoms. The highest BCUT2D eigenvalue weighted by Gasteiger charge is 2.23. The Hall–Kier alpha value is -0.490. The molecule has 6 heteroatoms. The Bertz CT molecular complexity index is 352. The predicted molar refractivity (Wildman–Crippen MR) is 62.8 cm³/mol. The van der Waals surface area contributed by atoms with Gasteiger partial charge >= 0.3 is 0 Å². The van der Waals surface area contributed by atoms with Gasteiger partial charge in [0, 0.05) is 13.5 Å². The van der Waals surface area contributed by atoms with Crippen molar-refractivity contribution in [2.24, 2.45) is 7.05 Å². The predicted octanol–water partition coefficient (Wildman–Crippen LogP) is 2.28. The summed E-state index contributed by atoms with van der Waals surface area (Å²) < 4.78 is 27.9. The van der Waals surface area contributed by atoms with Crippen molar-refractivity contribution in [3.8, 4) is 0 Å². The molecule has 1 N–H and O–H groups in total. The monoisotopic (exact) mass is 295 g/mol. The fraction of sp³-hybridized carbons (Fsp3) is 0.700. The summed E-state index contributed by atoms with van der Waals surface area (Å²) >= 11 is 3.37. The maximum Gasteiger partial charge on any atom is 0.254 e. The lowest BCUT2D eigenvalue weighted by Crippen LogP contribution is -2.37. The summed E-state index contributed by atoms with van der Waals surface area (Å²) in [5.41, 5.74) is 1.62. The average molecular weight is 296 g/mol. The van der Waals surface area contributed by atoms with Gasteiger partial charge in [0.15, 0.2) is 0 Å². The van der Waals surface area contributed by atoms with Crippen LogP contribution in [0.25, 0.3) is 0 Å². The van der Waals surface area contributed by atoms with E-state index in [1.807, 2.05) is 13.8 Å². The van der Waals surface area contributed by atoms with Gasteiger partial charge in [0.2, 0.25) is 0 Å². The number of rotatable bonds is 5. The summed E-state index contributed by atoms with van der Waals surface area (Å²) in [5, 5.41) is 6.96. The van der Waals surface area contributed by atoms with E-state index in [0.717, 1.165) is 15.9 Å². The Morgan fingerprint density at radius 3 is 2.50 bits per heavy atom. The summed E-state index contributed by atoms with van der Waals surface area (Å²) in [6.45, 7) is 4.20. The largest absolute Gasteiger partial charge is 0.309 e. The van der Waals surface area contributed by atoms with E-state index in [1.54, 1.807) is 11.7 Å². The lowest BCUT2D eigenvalue weighted by Gasteiger charge is -2.17. The molecule has 1 rings (SSSR count). The third-order valence-electron chi connectivity index (χ3n) is 2.45. The molecule has 0 saturated heterocycles. The average Bonchev–Trinajstić information content (AvgIpc) is 2.43. The van der Waals surface area contributed by atoms with Gasteiger partial charge in [0.1, 0.15) is 0 Å². The van der Waals surface area contributed by atoms with Gasteiger partial charge in [-0.25, -0.2) is 8.78 Å². The molecule has 0 aliphatic carbocycles. The molecule has 0 saturated carbocycles. The van der Waals surface area contributed by atoms with Crippen molar-refractivity contribution >= 4 is 15.9 Å². The number of hydrogen-bond donors (Lipinski definition) is 1. The normalized spacial score (nSPS) is 13.4. The molecule has 3 nitrogen and oxygen atoms in total. The maximum absolute atomic E-state index is 12.7. The van der Waals surface area contributed by atoms with Gasteiger partial charge in [-0.05, 0) is 29.4 Å². The number of aryl methyl sites for hydroxylation is 2. The van der Waals surface area contributed by atoms with Crippen LogP contribution in [0.4, 0.5) is 8.78 Å². The van der Waals surface area contributed by atoms with Gasteiger partial charge in [0.05, 0.1) is 21.9 Å². The third kappa shape index (κ3) is 3.01. The lowest BCUT2D eigenvalue weighted by atomic mass is 10.1. The zero-order valence-electron chi connectivity index (χ0n) is 9.60. The van der Waals surface area contributed by atoms with Crippen molar-refractivity contribution in [3.05, 3.63) is 15.9 Å². The lowest BCUT2D eigenvalue weighted by molar-refractivity contribution is 0.0981. The first-order chi connectivity index (χ1) is 7.47. The molecule has 1 unspecified atom stereocenters. The third-order valence-corrected chi connectivity index (χ3v) is 3.48. The minimum atomic E-state index is -2.37. The Kier molecular flexibility index (Phi) is 4.86. The SMILES string of the molecule is CCNC(Cc1c(Br)c(C)nn1C)C(F)F. The van der Waals surface area contributed by atoms with E-state index in [4.69, 9.17) is 0 Å². The van der Waals surface area contributed by atoms with E-state index in [2.05, 4.69) is 26.3 Å². The Balaban J connectivity index is 2.84. The standard InChI is InChI=1S/C10H16BrF2N3/c1-4-14-7(10(12)13)5-8-9(11)6(2)15-16(8)3/h7,10,14H,4-5H2,1-3H3.